The number of carboxylic acids is 1. The van der Waals surface area contributed by atoms with E-state index < -0.39 is 17.4 Å². The molecule has 6 heteroatoms. The minimum absolute atomic E-state index is 0.156. The van der Waals surface area contributed by atoms with Crippen LogP contribution in [0.2, 0.25) is 0 Å². The van der Waals surface area contributed by atoms with Crippen molar-refractivity contribution in [2.45, 2.75) is 26.2 Å². The van der Waals surface area contributed by atoms with Gasteiger partial charge in [0.05, 0.1) is 12.5 Å². The van der Waals surface area contributed by atoms with Gasteiger partial charge in [-0.05, 0) is 43.5 Å². The zero-order valence-electron chi connectivity index (χ0n) is 12.2. The van der Waals surface area contributed by atoms with E-state index in [0.717, 1.165) is 17.7 Å². The van der Waals surface area contributed by atoms with Gasteiger partial charge in [0.25, 0.3) is 0 Å². The summed E-state index contributed by atoms with van der Waals surface area (Å²) in [6.45, 7) is 2.04. The van der Waals surface area contributed by atoms with Crippen LogP contribution in [0, 0.1) is 12.3 Å². The van der Waals surface area contributed by atoms with E-state index in [4.69, 9.17) is 4.74 Å². The fourth-order valence-electron chi connectivity index (χ4n) is 2.45. The Morgan fingerprint density at radius 2 is 2.10 bits per heavy atom. The lowest BCUT2D eigenvalue weighted by Gasteiger charge is -2.37. The first-order valence-electron chi connectivity index (χ1n) is 6.90. The van der Waals surface area contributed by atoms with Gasteiger partial charge in [-0.1, -0.05) is 6.42 Å². The third-order valence-electron chi connectivity index (χ3n) is 4.00. The van der Waals surface area contributed by atoms with Crippen molar-refractivity contribution in [3.8, 4) is 5.75 Å². The van der Waals surface area contributed by atoms with Gasteiger partial charge in [-0.3, -0.25) is 4.79 Å². The number of carbonyl (C=O) groups excluding carboxylic acids is 1. The van der Waals surface area contributed by atoms with E-state index in [9.17, 15) is 14.7 Å². The molecule has 0 saturated heterocycles. The van der Waals surface area contributed by atoms with Gasteiger partial charge in [-0.2, -0.15) is 0 Å². The van der Waals surface area contributed by atoms with E-state index in [1.807, 2.05) is 6.92 Å². The Bertz CT molecular complexity index is 553. The van der Waals surface area contributed by atoms with Crippen LogP contribution in [0.3, 0.4) is 0 Å². The quantitative estimate of drug-likeness (QED) is 0.777. The third-order valence-corrected chi connectivity index (χ3v) is 4.00. The number of hydrogen-bond donors (Lipinski definition) is 3. The van der Waals surface area contributed by atoms with E-state index in [1.165, 1.54) is 0 Å². The predicted octanol–water partition coefficient (Wildman–Crippen LogP) is 2.38. The number of benzene rings is 1. The first-order valence-corrected chi connectivity index (χ1v) is 6.90. The summed E-state index contributed by atoms with van der Waals surface area (Å²) in [5, 5.41) is 14.5. The second kappa shape index (κ2) is 6.03. The van der Waals surface area contributed by atoms with Gasteiger partial charge in [0.15, 0.2) is 0 Å². The molecule has 0 spiro atoms. The van der Waals surface area contributed by atoms with Crippen LogP contribution in [0.4, 0.5) is 10.5 Å². The minimum atomic E-state index is -0.839. The number of ether oxygens (including phenoxy) is 1. The highest BCUT2D eigenvalue weighted by Crippen LogP contribution is 2.40. The molecule has 114 valence electrons. The highest BCUT2D eigenvalue weighted by Gasteiger charge is 2.44. The number of anilines is 1. The zero-order chi connectivity index (χ0) is 15.5. The van der Waals surface area contributed by atoms with Gasteiger partial charge in [0, 0.05) is 12.2 Å². The maximum Gasteiger partial charge on any atom is 0.319 e. The molecule has 1 aromatic rings. The molecule has 0 unspecified atom stereocenters. The third kappa shape index (κ3) is 3.26. The molecule has 1 aliphatic rings. The molecule has 0 bridgehead atoms. The van der Waals surface area contributed by atoms with Crippen LogP contribution in [0.15, 0.2) is 18.2 Å². The molecule has 2 amide bonds. The van der Waals surface area contributed by atoms with Crippen molar-refractivity contribution in [3.05, 3.63) is 23.8 Å². The molecular formula is C15H20N2O4. The number of aliphatic carboxylic acids is 1. The molecule has 3 N–H and O–H groups in total. The number of rotatable bonds is 5. The average Bonchev–Trinajstić information content (AvgIpc) is 2.37. The number of carbonyl (C=O) groups is 2. The predicted molar refractivity (Wildman–Crippen MR) is 78.7 cm³/mol. The van der Waals surface area contributed by atoms with Gasteiger partial charge in [-0.25, -0.2) is 4.79 Å². The first-order chi connectivity index (χ1) is 9.97. The van der Waals surface area contributed by atoms with Crippen LogP contribution >= 0.6 is 0 Å². The average molecular weight is 292 g/mol. The van der Waals surface area contributed by atoms with E-state index in [-0.39, 0.29) is 6.54 Å². The fourth-order valence-corrected chi connectivity index (χ4v) is 2.45. The number of urea groups is 1. The van der Waals surface area contributed by atoms with Crippen LogP contribution in [-0.4, -0.2) is 30.8 Å². The van der Waals surface area contributed by atoms with E-state index >= 15 is 0 Å². The summed E-state index contributed by atoms with van der Waals surface area (Å²) in [5.74, 6) is -0.0883. The number of amides is 2. The molecule has 2 rings (SSSR count). The molecule has 0 radical (unpaired) electrons. The topological polar surface area (TPSA) is 87.7 Å². The van der Waals surface area contributed by atoms with Crippen molar-refractivity contribution in [3.63, 3.8) is 0 Å². The second-order valence-electron chi connectivity index (χ2n) is 5.43. The molecule has 0 heterocycles. The largest absolute Gasteiger partial charge is 0.496 e. The van der Waals surface area contributed by atoms with Crippen molar-refractivity contribution in [2.24, 2.45) is 5.41 Å². The molecule has 0 atom stereocenters. The summed E-state index contributed by atoms with van der Waals surface area (Å²) in [6, 6.07) is 4.92. The molecule has 0 aromatic heterocycles. The first kappa shape index (κ1) is 15.2. The van der Waals surface area contributed by atoms with E-state index in [1.54, 1.807) is 25.3 Å². The highest BCUT2D eigenvalue weighted by atomic mass is 16.5. The van der Waals surface area contributed by atoms with Gasteiger partial charge < -0.3 is 20.5 Å². The Labute approximate surface area is 123 Å². The van der Waals surface area contributed by atoms with Crippen LogP contribution < -0.4 is 15.4 Å². The normalized spacial score (nSPS) is 15.7. The van der Waals surface area contributed by atoms with Gasteiger partial charge >= 0.3 is 12.0 Å². The summed E-state index contributed by atoms with van der Waals surface area (Å²) >= 11 is 0. The Kier molecular flexibility index (Phi) is 4.35. The van der Waals surface area contributed by atoms with Crippen molar-refractivity contribution < 1.29 is 19.4 Å². The summed E-state index contributed by atoms with van der Waals surface area (Å²) in [6.07, 6.45) is 2.13. The lowest BCUT2D eigenvalue weighted by molar-refractivity contribution is -0.153. The number of methoxy groups -OCH3 is 1. The minimum Gasteiger partial charge on any atom is -0.496 e. The Balaban J connectivity index is 1.90. The highest BCUT2D eigenvalue weighted by molar-refractivity contribution is 5.90. The SMILES string of the molecule is COc1ccc(NC(=O)NCC2(C(=O)O)CCC2)cc1C. The molecule has 1 aliphatic carbocycles. The van der Waals surface area contributed by atoms with E-state index in [0.29, 0.717) is 18.5 Å². The Hall–Kier alpha value is -2.24. The van der Waals surface area contributed by atoms with Gasteiger partial charge in [0.2, 0.25) is 0 Å². The van der Waals surface area contributed by atoms with E-state index in [2.05, 4.69) is 10.6 Å². The molecule has 0 aliphatic heterocycles. The Morgan fingerprint density at radius 3 is 2.57 bits per heavy atom. The molecule has 1 saturated carbocycles. The zero-order valence-corrected chi connectivity index (χ0v) is 12.2. The van der Waals surface area contributed by atoms with Crippen LogP contribution in [0.25, 0.3) is 0 Å². The van der Waals surface area contributed by atoms with Crippen molar-refractivity contribution >= 4 is 17.7 Å². The molecule has 21 heavy (non-hydrogen) atoms. The van der Waals surface area contributed by atoms with Crippen molar-refractivity contribution in [2.75, 3.05) is 19.0 Å². The number of aryl methyl sites for hydroxylation is 1. The summed E-state index contributed by atoms with van der Waals surface area (Å²) in [5.41, 5.74) is 0.771. The fraction of sp³-hybridized carbons (Fsp3) is 0.467. The maximum atomic E-state index is 11.8. The van der Waals surface area contributed by atoms with Crippen LogP contribution in [0.5, 0.6) is 5.75 Å². The van der Waals surface area contributed by atoms with Crippen molar-refractivity contribution in [1.82, 2.24) is 5.32 Å². The Morgan fingerprint density at radius 1 is 1.38 bits per heavy atom. The summed E-state index contributed by atoms with van der Waals surface area (Å²) < 4.78 is 5.15. The lowest BCUT2D eigenvalue weighted by Crippen LogP contribution is -2.48. The molecule has 1 fully saturated rings. The van der Waals surface area contributed by atoms with Gasteiger partial charge in [0.1, 0.15) is 5.75 Å². The molecular weight excluding hydrogens is 272 g/mol. The van der Waals surface area contributed by atoms with Crippen molar-refractivity contribution in [1.29, 1.82) is 0 Å². The maximum absolute atomic E-state index is 11.8. The molecule has 1 aromatic carbocycles. The van der Waals surface area contributed by atoms with Gasteiger partial charge in [-0.15, -0.1) is 0 Å². The second-order valence-corrected chi connectivity index (χ2v) is 5.43. The summed E-state index contributed by atoms with van der Waals surface area (Å²) in [7, 11) is 1.59. The van der Waals surface area contributed by atoms with Crippen LogP contribution in [-0.2, 0) is 4.79 Å². The smallest absolute Gasteiger partial charge is 0.319 e. The van der Waals surface area contributed by atoms with Crippen LogP contribution in [0.1, 0.15) is 24.8 Å². The number of hydrogen-bond acceptors (Lipinski definition) is 3. The monoisotopic (exact) mass is 292 g/mol. The summed E-state index contributed by atoms with van der Waals surface area (Å²) in [4.78, 5) is 23.0. The number of nitrogens with one attached hydrogen (secondary N) is 2. The number of carboxylic acid groups (broad SMARTS) is 1. The molecule has 6 nitrogen and oxygen atoms in total. The lowest BCUT2D eigenvalue weighted by atomic mass is 9.69. The standard InChI is InChI=1S/C15H20N2O4/c1-10-8-11(4-5-12(10)21-2)17-14(20)16-9-15(13(18)19)6-3-7-15/h4-5,8H,3,6-7,9H2,1-2H3,(H,18,19)(H2,16,17,20).